The largest absolute Gasteiger partial charge is 0.495 e. The molecule has 3 N–H and O–H groups in total. The molecule has 1 heterocycles. The number of carbonyl (C=O) groups excluding carboxylic acids is 2. The van der Waals surface area contributed by atoms with Gasteiger partial charge in [-0.15, -0.1) is 0 Å². The lowest BCUT2D eigenvalue weighted by Gasteiger charge is -2.34. The van der Waals surface area contributed by atoms with Crippen LogP contribution in [0, 0.1) is 0 Å². The summed E-state index contributed by atoms with van der Waals surface area (Å²) in [7, 11) is 1.52. The molecule has 6 nitrogen and oxygen atoms in total. The zero-order valence-electron chi connectivity index (χ0n) is 11.7. The van der Waals surface area contributed by atoms with E-state index in [1.54, 1.807) is 23.1 Å². The Hall–Kier alpha value is -2.24. The van der Waals surface area contributed by atoms with Gasteiger partial charge >= 0.3 is 0 Å². The van der Waals surface area contributed by atoms with Crippen molar-refractivity contribution in [3.63, 3.8) is 0 Å². The van der Waals surface area contributed by atoms with Crippen LogP contribution in [-0.4, -0.2) is 43.0 Å². The number of ether oxygens (including phenoxy) is 1. The summed E-state index contributed by atoms with van der Waals surface area (Å²) in [6.45, 7) is 2.87. The summed E-state index contributed by atoms with van der Waals surface area (Å²) < 4.78 is 5.07. The van der Waals surface area contributed by atoms with Gasteiger partial charge in [0.15, 0.2) is 0 Å². The van der Waals surface area contributed by atoms with Crippen LogP contribution in [0.4, 0.5) is 5.69 Å². The van der Waals surface area contributed by atoms with Crippen LogP contribution in [0.15, 0.2) is 18.2 Å². The van der Waals surface area contributed by atoms with E-state index in [1.165, 1.54) is 7.11 Å². The number of methoxy groups -OCH3 is 1. The fourth-order valence-corrected chi connectivity index (χ4v) is 2.40. The maximum atomic E-state index is 12.5. The SMILES string of the molecule is CCC1C(=O)NCCN1C(=O)c1ccc(OC)c(N)c1. The van der Waals surface area contributed by atoms with Crippen LogP contribution in [0.2, 0.25) is 0 Å². The second-order valence-electron chi connectivity index (χ2n) is 4.67. The van der Waals surface area contributed by atoms with Gasteiger partial charge in [-0.05, 0) is 24.6 Å². The molecule has 1 aromatic carbocycles. The van der Waals surface area contributed by atoms with Gasteiger partial charge in [-0.3, -0.25) is 9.59 Å². The smallest absolute Gasteiger partial charge is 0.254 e. The highest BCUT2D eigenvalue weighted by Gasteiger charge is 2.32. The van der Waals surface area contributed by atoms with E-state index in [0.717, 1.165) is 0 Å². The second-order valence-corrected chi connectivity index (χ2v) is 4.67. The Morgan fingerprint density at radius 3 is 2.90 bits per heavy atom. The number of hydrogen-bond acceptors (Lipinski definition) is 4. The minimum absolute atomic E-state index is 0.103. The summed E-state index contributed by atoms with van der Waals surface area (Å²) in [6.07, 6.45) is 0.587. The zero-order chi connectivity index (χ0) is 14.7. The summed E-state index contributed by atoms with van der Waals surface area (Å²) in [4.78, 5) is 25.9. The molecule has 1 saturated heterocycles. The van der Waals surface area contributed by atoms with Gasteiger partial charge in [-0.2, -0.15) is 0 Å². The van der Waals surface area contributed by atoms with Gasteiger partial charge in [-0.25, -0.2) is 0 Å². The minimum Gasteiger partial charge on any atom is -0.495 e. The molecule has 0 radical (unpaired) electrons. The number of hydrogen-bond donors (Lipinski definition) is 2. The number of anilines is 1. The van der Waals surface area contributed by atoms with Crippen LogP contribution in [-0.2, 0) is 4.79 Å². The van der Waals surface area contributed by atoms with E-state index in [9.17, 15) is 9.59 Å². The van der Waals surface area contributed by atoms with Crippen molar-refractivity contribution in [1.82, 2.24) is 10.2 Å². The summed E-state index contributed by atoms with van der Waals surface area (Å²) in [5.41, 5.74) is 6.70. The van der Waals surface area contributed by atoms with Gasteiger partial charge in [0.05, 0.1) is 12.8 Å². The second kappa shape index (κ2) is 5.81. The van der Waals surface area contributed by atoms with Crippen molar-refractivity contribution in [2.45, 2.75) is 19.4 Å². The molecule has 0 aliphatic carbocycles. The summed E-state index contributed by atoms with van der Waals surface area (Å²) in [6, 6.07) is 4.49. The number of rotatable bonds is 3. The van der Waals surface area contributed by atoms with E-state index < -0.39 is 6.04 Å². The summed E-state index contributed by atoms with van der Waals surface area (Å²) in [5, 5.41) is 2.77. The predicted octanol–water partition coefficient (Wildman–Crippen LogP) is 0.628. The molecule has 1 atom stereocenters. The van der Waals surface area contributed by atoms with Gasteiger partial charge in [0.2, 0.25) is 5.91 Å². The number of nitrogens with zero attached hydrogens (tertiary/aromatic N) is 1. The highest BCUT2D eigenvalue weighted by atomic mass is 16.5. The van der Waals surface area contributed by atoms with Crippen LogP contribution in [0.1, 0.15) is 23.7 Å². The highest BCUT2D eigenvalue weighted by Crippen LogP contribution is 2.23. The van der Waals surface area contributed by atoms with Gasteiger partial charge < -0.3 is 20.7 Å². The molecule has 0 spiro atoms. The number of nitrogens with two attached hydrogens (primary N) is 1. The standard InChI is InChI=1S/C14H19N3O3/c1-3-11-13(18)16-6-7-17(11)14(19)9-4-5-12(20-2)10(15)8-9/h4-5,8,11H,3,6-7,15H2,1-2H3,(H,16,18). The maximum absolute atomic E-state index is 12.5. The summed E-state index contributed by atoms with van der Waals surface area (Å²) >= 11 is 0. The molecule has 0 bridgehead atoms. The first-order valence-corrected chi connectivity index (χ1v) is 6.60. The van der Waals surface area contributed by atoms with Crippen molar-refractivity contribution in [2.75, 3.05) is 25.9 Å². The summed E-state index contributed by atoms with van der Waals surface area (Å²) in [5.74, 6) is 0.250. The monoisotopic (exact) mass is 277 g/mol. The molecule has 1 aromatic rings. The molecule has 1 aliphatic rings. The molecule has 1 fully saturated rings. The van der Waals surface area contributed by atoms with E-state index in [2.05, 4.69) is 5.32 Å². The van der Waals surface area contributed by atoms with Gasteiger partial charge in [0.1, 0.15) is 11.8 Å². The Kier molecular flexibility index (Phi) is 4.12. The Labute approximate surface area is 117 Å². The van der Waals surface area contributed by atoms with Crippen molar-refractivity contribution >= 4 is 17.5 Å². The number of carbonyl (C=O) groups is 2. The van der Waals surface area contributed by atoms with Crippen molar-refractivity contribution in [1.29, 1.82) is 0 Å². The topological polar surface area (TPSA) is 84.7 Å². The Morgan fingerprint density at radius 1 is 1.55 bits per heavy atom. The molecule has 0 aromatic heterocycles. The lowest BCUT2D eigenvalue weighted by molar-refractivity contribution is -0.127. The number of benzene rings is 1. The first-order valence-electron chi connectivity index (χ1n) is 6.60. The zero-order valence-corrected chi connectivity index (χ0v) is 11.7. The van der Waals surface area contributed by atoms with Gasteiger partial charge in [-0.1, -0.05) is 6.92 Å². The third-order valence-corrected chi connectivity index (χ3v) is 3.46. The third-order valence-electron chi connectivity index (χ3n) is 3.46. The van der Waals surface area contributed by atoms with E-state index in [0.29, 0.717) is 36.5 Å². The molecule has 6 heteroatoms. The van der Waals surface area contributed by atoms with Crippen molar-refractivity contribution in [2.24, 2.45) is 0 Å². The molecule has 2 amide bonds. The number of piperazine rings is 1. The van der Waals surface area contributed by atoms with Gasteiger partial charge in [0.25, 0.3) is 5.91 Å². The normalized spacial score (nSPS) is 18.6. The molecular formula is C14H19N3O3. The first kappa shape index (κ1) is 14.2. The van der Waals surface area contributed by atoms with E-state index in [-0.39, 0.29) is 11.8 Å². The van der Waals surface area contributed by atoms with Crippen LogP contribution in [0.25, 0.3) is 0 Å². The fraction of sp³-hybridized carbons (Fsp3) is 0.429. The molecule has 1 aliphatic heterocycles. The third kappa shape index (κ3) is 2.54. The van der Waals surface area contributed by atoms with Crippen LogP contribution < -0.4 is 15.8 Å². The average Bonchev–Trinajstić information content (AvgIpc) is 2.46. The van der Waals surface area contributed by atoms with Crippen molar-refractivity contribution < 1.29 is 14.3 Å². The lowest BCUT2D eigenvalue weighted by atomic mass is 10.1. The fourth-order valence-electron chi connectivity index (χ4n) is 2.40. The highest BCUT2D eigenvalue weighted by molar-refractivity contribution is 5.99. The minimum atomic E-state index is -0.417. The number of amides is 2. The van der Waals surface area contributed by atoms with E-state index >= 15 is 0 Å². The molecule has 108 valence electrons. The van der Waals surface area contributed by atoms with E-state index in [4.69, 9.17) is 10.5 Å². The Bertz CT molecular complexity index is 530. The molecule has 1 unspecified atom stereocenters. The molecule has 0 saturated carbocycles. The Balaban J connectivity index is 2.25. The van der Waals surface area contributed by atoms with E-state index in [1.807, 2.05) is 6.92 Å². The lowest BCUT2D eigenvalue weighted by Crippen LogP contribution is -2.56. The van der Waals surface area contributed by atoms with Gasteiger partial charge in [0, 0.05) is 18.7 Å². The number of nitrogens with one attached hydrogen (secondary N) is 1. The van der Waals surface area contributed by atoms with Crippen LogP contribution >= 0.6 is 0 Å². The van der Waals surface area contributed by atoms with Crippen LogP contribution in [0.5, 0.6) is 5.75 Å². The number of nitrogen functional groups attached to an aromatic ring is 1. The van der Waals surface area contributed by atoms with Crippen molar-refractivity contribution in [3.05, 3.63) is 23.8 Å². The first-order chi connectivity index (χ1) is 9.58. The van der Waals surface area contributed by atoms with Crippen LogP contribution in [0.3, 0.4) is 0 Å². The quantitative estimate of drug-likeness (QED) is 0.794. The predicted molar refractivity (Wildman–Crippen MR) is 75.5 cm³/mol. The molecule has 2 rings (SSSR count). The maximum Gasteiger partial charge on any atom is 0.254 e. The Morgan fingerprint density at radius 2 is 2.30 bits per heavy atom. The molecular weight excluding hydrogens is 258 g/mol. The molecule has 20 heavy (non-hydrogen) atoms. The average molecular weight is 277 g/mol. The van der Waals surface area contributed by atoms with Crippen molar-refractivity contribution in [3.8, 4) is 5.75 Å².